The molecule has 7 N–H and O–H groups in total. The molecule has 1 fully saturated rings. The maximum Gasteiger partial charge on any atom is 0.320 e. The number of aldehydes is 1. The molecule has 0 aromatic carbocycles. The third-order valence-electron chi connectivity index (χ3n) is 2.78. The number of rotatable bonds is 6. The number of carbonyl (C=O) groups excluding carboxylic acids is 1. The number of hydrogen-bond acceptors (Lipinski definition) is 8. The molecule has 5 atom stereocenters. The van der Waals surface area contributed by atoms with Crippen molar-refractivity contribution >= 4 is 12.3 Å². The van der Waals surface area contributed by atoms with Crippen LogP contribution in [0.3, 0.4) is 0 Å². The Balaban J connectivity index is 0.000000388. The molecular weight excluding hydrogens is 274 g/mol. The number of aliphatic hydroxyl groups is 5. The van der Waals surface area contributed by atoms with Gasteiger partial charge in [0.05, 0.1) is 6.61 Å². The van der Waals surface area contributed by atoms with Crippen LogP contribution < -0.4 is 5.32 Å². The van der Waals surface area contributed by atoms with E-state index in [1.165, 1.54) is 0 Å². The number of aliphatic carboxylic acids is 1. The first-order valence-electron chi connectivity index (χ1n) is 6.09. The van der Waals surface area contributed by atoms with Crippen molar-refractivity contribution in [1.29, 1.82) is 0 Å². The standard InChI is InChI=1S/C6H12O6.C5H9NO2/c7-1-3(9)5(11)6(12)4(10)2-8;7-5(8)4-2-1-3-6-4/h1,3-6,8-12H,2H2;4,6H,1-3H2,(H,7,8)/t;4-/m.0/s1. The third kappa shape index (κ3) is 6.37. The molecule has 9 nitrogen and oxygen atoms in total. The quantitative estimate of drug-likeness (QED) is 0.245. The Morgan fingerprint density at radius 2 is 1.85 bits per heavy atom. The highest BCUT2D eigenvalue weighted by atomic mass is 16.4. The van der Waals surface area contributed by atoms with Crippen molar-refractivity contribution in [2.24, 2.45) is 0 Å². The highest BCUT2D eigenvalue weighted by Gasteiger charge is 2.29. The van der Waals surface area contributed by atoms with E-state index in [1.54, 1.807) is 0 Å². The summed E-state index contributed by atoms with van der Waals surface area (Å²) in [4.78, 5) is 20.0. The molecule has 20 heavy (non-hydrogen) atoms. The van der Waals surface area contributed by atoms with Gasteiger partial charge in [-0.3, -0.25) is 4.79 Å². The summed E-state index contributed by atoms with van der Waals surface area (Å²) in [5.74, 6) is -0.720. The Labute approximate surface area is 115 Å². The van der Waals surface area contributed by atoms with E-state index in [-0.39, 0.29) is 12.3 Å². The number of hydrogen-bond donors (Lipinski definition) is 7. The van der Waals surface area contributed by atoms with E-state index < -0.39 is 37.0 Å². The maximum atomic E-state index is 10.1. The molecule has 0 radical (unpaired) electrons. The fourth-order valence-electron chi connectivity index (χ4n) is 1.51. The number of carbonyl (C=O) groups is 2. The highest BCUT2D eigenvalue weighted by Crippen LogP contribution is 2.03. The van der Waals surface area contributed by atoms with Gasteiger partial charge in [0.15, 0.2) is 6.29 Å². The molecule has 1 rings (SSSR count). The van der Waals surface area contributed by atoms with Gasteiger partial charge >= 0.3 is 5.97 Å². The molecule has 118 valence electrons. The first-order chi connectivity index (χ1) is 9.34. The molecule has 0 bridgehead atoms. The minimum absolute atomic E-state index is 0.0258. The number of carboxylic acids is 1. The van der Waals surface area contributed by atoms with Crippen LogP contribution >= 0.6 is 0 Å². The van der Waals surface area contributed by atoms with Gasteiger partial charge in [-0.1, -0.05) is 0 Å². The SMILES string of the molecule is O=C(O)[C@@H]1CCCN1.O=CC(O)C(O)C(O)C(O)CO. The molecule has 0 aromatic heterocycles. The fourth-order valence-corrected chi connectivity index (χ4v) is 1.51. The van der Waals surface area contributed by atoms with Gasteiger partial charge in [-0.2, -0.15) is 0 Å². The van der Waals surface area contributed by atoms with E-state index in [9.17, 15) is 9.59 Å². The highest BCUT2D eigenvalue weighted by molar-refractivity contribution is 5.73. The Kier molecular flexibility index (Phi) is 9.21. The lowest BCUT2D eigenvalue weighted by Gasteiger charge is -2.22. The number of aliphatic hydroxyl groups excluding tert-OH is 5. The van der Waals surface area contributed by atoms with Crippen LogP contribution in [-0.4, -0.2) is 86.5 Å². The number of nitrogens with one attached hydrogen (secondary N) is 1. The van der Waals surface area contributed by atoms with E-state index in [0.29, 0.717) is 0 Å². The molecule has 9 heteroatoms. The molecule has 0 aromatic rings. The molecule has 1 saturated heterocycles. The monoisotopic (exact) mass is 295 g/mol. The fraction of sp³-hybridized carbons (Fsp3) is 0.818. The first-order valence-corrected chi connectivity index (χ1v) is 6.09. The normalized spacial score (nSPS) is 23.9. The Bertz CT molecular complexity index is 294. The zero-order valence-corrected chi connectivity index (χ0v) is 10.8. The van der Waals surface area contributed by atoms with Crippen LogP contribution in [0, 0.1) is 0 Å². The average molecular weight is 295 g/mol. The summed E-state index contributed by atoms with van der Waals surface area (Å²) in [7, 11) is 0. The molecule has 0 amide bonds. The second-order valence-corrected chi connectivity index (χ2v) is 4.34. The first kappa shape index (κ1) is 18.9. The lowest BCUT2D eigenvalue weighted by molar-refractivity contribution is -0.139. The van der Waals surface area contributed by atoms with E-state index >= 15 is 0 Å². The molecule has 0 aliphatic carbocycles. The summed E-state index contributed by atoms with van der Waals surface area (Å²) in [6, 6.07) is -0.269. The van der Waals surface area contributed by atoms with Crippen molar-refractivity contribution < 1.29 is 40.2 Å². The van der Waals surface area contributed by atoms with Crippen LogP contribution in [0.15, 0.2) is 0 Å². The van der Waals surface area contributed by atoms with Gasteiger partial charge < -0.3 is 40.8 Å². The van der Waals surface area contributed by atoms with Gasteiger partial charge in [0.1, 0.15) is 30.5 Å². The summed E-state index contributed by atoms with van der Waals surface area (Å²) < 4.78 is 0. The average Bonchev–Trinajstić information content (AvgIpc) is 2.99. The van der Waals surface area contributed by atoms with Gasteiger partial charge in [0, 0.05) is 0 Å². The smallest absolute Gasteiger partial charge is 0.320 e. The lowest BCUT2D eigenvalue weighted by Crippen LogP contribution is -2.46. The van der Waals surface area contributed by atoms with E-state index in [4.69, 9.17) is 30.6 Å². The van der Waals surface area contributed by atoms with E-state index in [2.05, 4.69) is 5.32 Å². The Morgan fingerprint density at radius 3 is 2.15 bits per heavy atom. The Hall–Kier alpha value is -1.10. The van der Waals surface area contributed by atoms with E-state index in [1.807, 2.05) is 0 Å². The van der Waals surface area contributed by atoms with Gasteiger partial charge in [0.25, 0.3) is 0 Å². The zero-order valence-electron chi connectivity index (χ0n) is 10.8. The second kappa shape index (κ2) is 9.75. The summed E-state index contributed by atoms with van der Waals surface area (Å²) in [5, 5.41) is 54.7. The van der Waals surface area contributed by atoms with Crippen molar-refractivity contribution in [3.8, 4) is 0 Å². The molecule has 1 aliphatic rings. The van der Waals surface area contributed by atoms with Crippen molar-refractivity contribution in [2.75, 3.05) is 13.2 Å². The lowest BCUT2D eigenvalue weighted by atomic mass is 10.0. The molecule has 1 aliphatic heterocycles. The van der Waals surface area contributed by atoms with Gasteiger partial charge in [-0.25, -0.2) is 0 Å². The number of carboxylic acid groups (broad SMARTS) is 1. The van der Waals surface area contributed by atoms with Crippen molar-refractivity contribution in [3.63, 3.8) is 0 Å². The van der Waals surface area contributed by atoms with Crippen LogP contribution in [0.5, 0.6) is 0 Å². The zero-order chi connectivity index (χ0) is 15.7. The van der Waals surface area contributed by atoms with Crippen molar-refractivity contribution in [2.45, 2.75) is 43.3 Å². The predicted octanol–water partition coefficient (Wildman–Crippen LogP) is -3.56. The van der Waals surface area contributed by atoms with E-state index in [0.717, 1.165) is 19.4 Å². The maximum absolute atomic E-state index is 10.1. The molecule has 0 spiro atoms. The molecule has 1 heterocycles. The van der Waals surface area contributed by atoms with Crippen LogP contribution in [0.4, 0.5) is 0 Å². The Morgan fingerprint density at radius 1 is 1.25 bits per heavy atom. The van der Waals surface area contributed by atoms with Crippen molar-refractivity contribution in [3.05, 3.63) is 0 Å². The molecular formula is C11H21NO8. The van der Waals surface area contributed by atoms with Crippen LogP contribution in [0.25, 0.3) is 0 Å². The molecule has 4 unspecified atom stereocenters. The summed E-state index contributed by atoms with van der Waals surface area (Å²) in [6.07, 6.45) is -5.06. The summed E-state index contributed by atoms with van der Waals surface area (Å²) in [6.45, 7) is 0.0980. The van der Waals surface area contributed by atoms with Crippen molar-refractivity contribution in [1.82, 2.24) is 5.32 Å². The largest absolute Gasteiger partial charge is 0.480 e. The third-order valence-corrected chi connectivity index (χ3v) is 2.78. The summed E-state index contributed by atoms with van der Waals surface area (Å²) >= 11 is 0. The van der Waals surface area contributed by atoms with Gasteiger partial charge in [-0.05, 0) is 19.4 Å². The van der Waals surface area contributed by atoms with Crippen LogP contribution in [0.1, 0.15) is 12.8 Å². The minimum atomic E-state index is -1.79. The van der Waals surface area contributed by atoms with Gasteiger partial charge in [-0.15, -0.1) is 0 Å². The van der Waals surface area contributed by atoms with Crippen LogP contribution in [0.2, 0.25) is 0 Å². The second-order valence-electron chi connectivity index (χ2n) is 4.34. The predicted molar refractivity (Wildman–Crippen MR) is 65.8 cm³/mol. The van der Waals surface area contributed by atoms with Gasteiger partial charge in [0.2, 0.25) is 0 Å². The summed E-state index contributed by atoms with van der Waals surface area (Å²) in [5.41, 5.74) is 0. The minimum Gasteiger partial charge on any atom is -0.480 e. The topological polar surface area (TPSA) is 168 Å². The van der Waals surface area contributed by atoms with Crippen LogP contribution in [-0.2, 0) is 9.59 Å². The molecule has 0 saturated carbocycles.